The molecule has 0 aliphatic carbocycles. The predicted molar refractivity (Wildman–Crippen MR) is 124 cm³/mol. The highest BCUT2D eigenvalue weighted by molar-refractivity contribution is 9.10. The Morgan fingerprint density at radius 2 is 1.66 bits per heavy atom. The number of aryl methyl sites for hydroxylation is 1. The normalized spacial score (nSPS) is 15.4. The van der Waals surface area contributed by atoms with Gasteiger partial charge < -0.3 is 9.32 Å². The van der Waals surface area contributed by atoms with E-state index in [2.05, 4.69) is 22.9 Å². The van der Waals surface area contributed by atoms with Crippen molar-refractivity contribution in [1.82, 2.24) is 4.90 Å². The van der Waals surface area contributed by atoms with Crippen LogP contribution in [0, 0.1) is 5.82 Å². The van der Waals surface area contributed by atoms with Crippen LogP contribution in [0.2, 0.25) is 0 Å². The van der Waals surface area contributed by atoms with Gasteiger partial charge in [-0.25, -0.2) is 4.39 Å². The van der Waals surface area contributed by atoms with Gasteiger partial charge >= 0.3 is 0 Å². The molecule has 6 heteroatoms. The van der Waals surface area contributed by atoms with Gasteiger partial charge in [0.25, 0.3) is 5.91 Å². The minimum absolute atomic E-state index is 0.0662. The summed E-state index contributed by atoms with van der Waals surface area (Å²) in [4.78, 5) is 28.6. The highest BCUT2D eigenvalue weighted by Crippen LogP contribution is 2.39. The molecule has 0 bridgehead atoms. The van der Waals surface area contributed by atoms with Gasteiger partial charge in [-0.1, -0.05) is 59.3 Å². The van der Waals surface area contributed by atoms with Crippen molar-refractivity contribution in [3.05, 3.63) is 115 Å². The van der Waals surface area contributed by atoms with Crippen molar-refractivity contribution in [2.24, 2.45) is 0 Å². The zero-order valence-corrected chi connectivity index (χ0v) is 18.9. The fourth-order valence-corrected chi connectivity index (χ4v) is 4.59. The van der Waals surface area contributed by atoms with Gasteiger partial charge in [0.1, 0.15) is 11.4 Å². The minimum atomic E-state index is -0.590. The fraction of sp³-hybridized carbons (Fsp3) is 0.154. The topological polar surface area (TPSA) is 50.5 Å². The van der Waals surface area contributed by atoms with Gasteiger partial charge in [0.15, 0.2) is 5.43 Å². The second-order valence-corrected chi connectivity index (χ2v) is 8.79. The molecule has 0 N–H and O–H groups in total. The molecule has 4 nitrogen and oxygen atoms in total. The Morgan fingerprint density at radius 1 is 0.969 bits per heavy atom. The van der Waals surface area contributed by atoms with Gasteiger partial charge in [-0.05, 0) is 53.4 Å². The lowest BCUT2D eigenvalue weighted by atomic mass is 9.97. The zero-order chi connectivity index (χ0) is 22.4. The second-order valence-electron chi connectivity index (χ2n) is 7.87. The number of nitrogens with zero attached hydrogens (tertiary/aromatic N) is 1. The first-order valence-electron chi connectivity index (χ1n) is 10.4. The van der Waals surface area contributed by atoms with E-state index >= 15 is 0 Å². The maximum Gasteiger partial charge on any atom is 0.291 e. The largest absolute Gasteiger partial charge is 0.450 e. The minimum Gasteiger partial charge on any atom is -0.450 e. The van der Waals surface area contributed by atoms with Gasteiger partial charge in [0.05, 0.1) is 17.0 Å². The number of fused-ring (bicyclic) bond motifs is 2. The van der Waals surface area contributed by atoms with Crippen LogP contribution in [-0.2, 0) is 13.0 Å². The molecule has 2 heterocycles. The second kappa shape index (κ2) is 8.02. The molecular weight excluding hydrogens is 473 g/mol. The first kappa shape index (κ1) is 20.6. The standard InChI is InChI=1S/C26H19BrFNO3/c1-2-15-3-7-17(8-4-15)23-22-24(30)20-13-18(27)9-12-21(20)32-25(22)26(31)29(23)14-16-5-10-19(28)11-6-16/h3-13,23H,2,14H2,1H3. The Morgan fingerprint density at radius 3 is 2.34 bits per heavy atom. The molecule has 3 aromatic carbocycles. The SMILES string of the molecule is CCc1ccc(C2c3c(oc4ccc(Br)cc4c3=O)C(=O)N2Cc2ccc(F)cc2)cc1. The third kappa shape index (κ3) is 3.45. The molecule has 0 saturated carbocycles. The molecule has 1 atom stereocenters. The van der Waals surface area contributed by atoms with Crippen molar-refractivity contribution in [3.8, 4) is 0 Å². The maximum atomic E-state index is 13.6. The number of carbonyl (C=O) groups is 1. The Hall–Kier alpha value is -3.25. The molecule has 32 heavy (non-hydrogen) atoms. The third-order valence-corrected chi connectivity index (χ3v) is 6.39. The number of hydrogen-bond acceptors (Lipinski definition) is 3. The highest BCUT2D eigenvalue weighted by atomic mass is 79.9. The van der Waals surface area contributed by atoms with E-state index in [1.807, 2.05) is 24.3 Å². The molecule has 1 aliphatic rings. The quantitative estimate of drug-likeness (QED) is 0.351. The number of rotatable bonds is 4. The van der Waals surface area contributed by atoms with Crippen LogP contribution in [0.3, 0.4) is 0 Å². The fourth-order valence-electron chi connectivity index (χ4n) is 4.22. The van der Waals surface area contributed by atoms with E-state index in [9.17, 15) is 14.0 Å². The van der Waals surface area contributed by atoms with Crippen LogP contribution in [0.4, 0.5) is 4.39 Å². The molecule has 0 spiro atoms. The van der Waals surface area contributed by atoms with Crippen molar-refractivity contribution >= 4 is 32.8 Å². The first-order chi connectivity index (χ1) is 15.5. The van der Waals surface area contributed by atoms with Crippen molar-refractivity contribution < 1.29 is 13.6 Å². The van der Waals surface area contributed by atoms with Crippen LogP contribution in [0.5, 0.6) is 0 Å². The molecule has 0 radical (unpaired) electrons. The number of hydrogen-bond donors (Lipinski definition) is 0. The first-order valence-corrected chi connectivity index (χ1v) is 11.2. The van der Waals surface area contributed by atoms with Crippen molar-refractivity contribution in [2.45, 2.75) is 25.9 Å². The maximum absolute atomic E-state index is 13.6. The molecule has 1 aliphatic heterocycles. The molecule has 1 amide bonds. The molecule has 160 valence electrons. The number of amides is 1. The summed E-state index contributed by atoms with van der Waals surface area (Å²) in [5.74, 6) is -0.627. The van der Waals surface area contributed by atoms with Crippen LogP contribution >= 0.6 is 15.9 Å². The van der Waals surface area contributed by atoms with E-state index in [4.69, 9.17) is 4.42 Å². The van der Waals surface area contributed by atoms with E-state index in [0.29, 0.717) is 16.5 Å². The van der Waals surface area contributed by atoms with Gasteiger partial charge in [0, 0.05) is 11.0 Å². The average molecular weight is 492 g/mol. The lowest BCUT2D eigenvalue weighted by Gasteiger charge is -2.25. The van der Waals surface area contributed by atoms with Gasteiger partial charge in [-0.3, -0.25) is 9.59 Å². The van der Waals surface area contributed by atoms with Gasteiger partial charge in [0.2, 0.25) is 5.76 Å². The number of benzene rings is 3. The summed E-state index contributed by atoms with van der Waals surface area (Å²) in [5.41, 5.74) is 3.25. The van der Waals surface area contributed by atoms with E-state index < -0.39 is 6.04 Å². The molecule has 0 saturated heterocycles. The Bertz CT molecular complexity index is 1390. The summed E-state index contributed by atoms with van der Waals surface area (Å²) in [5, 5.41) is 0.421. The van der Waals surface area contributed by atoms with Crippen molar-refractivity contribution in [1.29, 1.82) is 0 Å². The zero-order valence-electron chi connectivity index (χ0n) is 17.3. The molecule has 1 aromatic heterocycles. The summed E-state index contributed by atoms with van der Waals surface area (Å²) in [6.07, 6.45) is 0.889. The summed E-state index contributed by atoms with van der Waals surface area (Å²) in [6.45, 7) is 2.30. The van der Waals surface area contributed by atoms with E-state index in [-0.39, 0.29) is 29.5 Å². The molecular formula is C26H19BrFNO3. The summed E-state index contributed by atoms with van der Waals surface area (Å²) >= 11 is 3.41. The van der Waals surface area contributed by atoms with Crippen LogP contribution in [0.25, 0.3) is 11.0 Å². The molecule has 4 aromatic rings. The lowest BCUT2D eigenvalue weighted by molar-refractivity contribution is 0.0714. The number of halogens is 2. The monoisotopic (exact) mass is 491 g/mol. The van der Waals surface area contributed by atoms with Crippen LogP contribution in [-0.4, -0.2) is 10.8 Å². The van der Waals surface area contributed by atoms with Crippen molar-refractivity contribution in [2.75, 3.05) is 0 Å². The molecule has 1 unspecified atom stereocenters. The Kier molecular flexibility index (Phi) is 5.18. The summed E-state index contributed by atoms with van der Waals surface area (Å²) < 4.78 is 20.1. The average Bonchev–Trinajstić information content (AvgIpc) is 3.08. The van der Waals surface area contributed by atoms with Gasteiger partial charge in [-0.2, -0.15) is 0 Å². The predicted octanol–water partition coefficient (Wildman–Crippen LogP) is 6.00. The molecule has 0 fully saturated rings. The Labute approximate surface area is 192 Å². The smallest absolute Gasteiger partial charge is 0.291 e. The van der Waals surface area contributed by atoms with Gasteiger partial charge in [-0.15, -0.1) is 0 Å². The van der Waals surface area contributed by atoms with Crippen LogP contribution in [0.1, 0.15) is 45.8 Å². The van der Waals surface area contributed by atoms with E-state index in [0.717, 1.165) is 27.6 Å². The Balaban J connectivity index is 1.70. The van der Waals surface area contributed by atoms with Crippen LogP contribution < -0.4 is 5.43 Å². The molecule has 5 rings (SSSR count). The highest BCUT2D eigenvalue weighted by Gasteiger charge is 2.42. The van der Waals surface area contributed by atoms with E-state index in [1.54, 1.807) is 35.2 Å². The lowest BCUT2D eigenvalue weighted by Crippen LogP contribution is -2.29. The summed E-state index contributed by atoms with van der Waals surface area (Å²) in [6, 6.07) is 18.5. The van der Waals surface area contributed by atoms with Crippen molar-refractivity contribution in [3.63, 3.8) is 0 Å². The number of carbonyl (C=O) groups excluding carboxylic acids is 1. The summed E-state index contributed by atoms with van der Waals surface area (Å²) in [7, 11) is 0. The van der Waals surface area contributed by atoms with Crippen LogP contribution in [0.15, 0.2) is 80.4 Å². The van der Waals surface area contributed by atoms with E-state index in [1.165, 1.54) is 12.1 Å². The third-order valence-electron chi connectivity index (χ3n) is 5.90.